The number of benzene rings is 1. The lowest BCUT2D eigenvalue weighted by molar-refractivity contribution is -0.138. The predicted octanol–water partition coefficient (Wildman–Crippen LogP) is 3.72. The fourth-order valence-electron chi connectivity index (χ4n) is 2.91. The average Bonchev–Trinajstić information content (AvgIpc) is 3.25. The Balaban J connectivity index is 2.04. The lowest BCUT2D eigenvalue weighted by Gasteiger charge is -2.19. The van der Waals surface area contributed by atoms with E-state index in [-0.39, 0.29) is 17.9 Å². The molecule has 0 aliphatic carbocycles. The summed E-state index contributed by atoms with van der Waals surface area (Å²) in [6.07, 6.45) is 1.58. The number of methoxy groups -OCH3 is 2. The van der Waals surface area contributed by atoms with Gasteiger partial charge in [0.15, 0.2) is 11.5 Å². The van der Waals surface area contributed by atoms with Gasteiger partial charge in [0.25, 0.3) is 11.8 Å². The quantitative estimate of drug-likeness (QED) is 0.675. The van der Waals surface area contributed by atoms with Crippen molar-refractivity contribution in [3.63, 3.8) is 0 Å². The largest absolute Gasteiger partial charge is 0.493 e. The van der Waals surface area contributed by atoms with Crippen LogP contribution in [0.1, 0.15) is 25.2 Å². The molecule has 6 nitrogen and oxygen atoms in total. The summed E-state index contributed by atoms with van der Waals surface area (Å²) in [5, 5.41) is 0. The molecule has 0 atom stereocenters. The summed E-state index contributed by atoms with van der Waals surface area (Å²) in [5.41, 5.74) is 1.00. The number of amides is 2. The van der Waals surface area contributed by atoms with Gasteiger partial charge in [-0.1, -0.05) is 6.07 Å². The van der Waals surface area contributed by atoms with Crippen LogP contribution in [-0.4, -0.2) is 37.0 Å². The van der Waals surface area contributed by atoms with Gasteiger partial charge < -0.3 is 13.9 Å². The standard InChI is InChI=1S/C20H21NO5S/c1-12(2)21-19(22)17(13-7-8-15(24-3)16(10-13)25-4)18(20(21)23)27-11-14-6-5-9-26-14/h5-10,12H,11H2,1-4H3. The third-order valence-corrected chi connectivity index (χ3v) is 5.30. The zero-order chi connectivity index (χ0) is 19.6. The van der Waals surface area contributed by atoms with Crippen LogP contribution in [0.2, 0.25) is 0 Å². The number of ether oxygens (including phenoxy) is 2. The smallest absolute Gasteiger partial charge is 0.268 e. The molecule has 0 N–H and O–H groups in total. The number of imide groups is 1. The zero-order valence-electron chi connectivity index (χ0n) is 15.6. The number of thioether (sulfide) groups is 1. The van der Waals surface area contributed by atoms with Gasteiger partial charge >= 0.3 is 0 Å². The topological polar surface area (TPSA) is 69.0 Å². The minimum Gasteiger partial charge on any atom is -0.493 e. The first-order valence-corrected chi connectivity index (χ1v) is 9.46. The highest BCUT2D eigenvalue weighted by Gasteiger charge is 2.40. The molecule has 0 radical (unpaired) electrons. The molecule has 3 rings (SSSR count). The Bertz CT molecular complexity index is 886. The molecule has 1 aliphatic heterocycles. The Hall–Kier alpha value is -2.67. The van der Waals surface area contributed by atoms with Crippen molar-refractivity contribution in [1.29, 1.82) is 0 Å². The summed E-state index contributed by atoms with van der Waals surface area (Å²) < 4.78 is 16.0. The summed E-state index contributed by atoms with van der Waals surface area (Å²) in [4.78, 5) is 27.6. The molecule has 0 fully saturated rings. The molecule has 0 unspecified atom stereocenters. The van der Waals surface area contributed by atoms with Gasteiger partial charge in [-0.2, -0.15) is 0 Å². The first kappa shape index (κ1) is 19.1. The molecule has 2 heterocycles. The molecule has 0 saturated heterocycles. The highest BCUT2D eigenvalue weighted by atomic mass is 32.2. The van der Waals surface area contributed by atoms with Crippen LogP contribution in [0.5, 0.6) is 11.5 Å². The molecular weight excluding hydrogens is 366 g/mol. The maximum atomic E-state index is 13.0. The van der Waals surface area contributed by atoms with Crippen LogP contribution in [0.4, 0.5) is 0 Å². The van der Waals surface area contributed by atoms with Crippen LogP contribution < -0.4 is 9.47 Å². The van der Waals surface area contributed by atoms with Crippen LogP contribution in [0.3, 0.4) is 0 Å². The van der Waals surface area contributed by atoms with Crippen LogP contribution in [0.25, 0.3) is 5.57 Å². The number of furan rings is 1. The van der Waals surface area contributed by atoms with Gasteiger partial charge in [0, 0.05) is 6.04 Å². The number of hydrogen-bond acceptors (Lipinski definition) is 6. The van der Waals surface area contributed by atoms with Crippen molar-refractivity contribution in [2.24, 2.45) is 0 Å². The van der Waals surface area contributed by atoms with Crippen molar-refractivity contribution in [2.45, 2.75) is 25.6 Å². The number of nitrogens with zero attached hydrogens (tertiary/aromatic N) is 1. The van der Waals surface area contributed by atoms with E-state index in [0.717, 1.165) is 5.76 Å². The van der Waals surface area contributed by atoms with E-state index in [4.69, 9.17) is 13.9 Å². The second kappa shape index (κ2) is 7.92. The Morgan fingerprint density at radius 2 is 1.81 bits per heavy atom. The third kappa shape index (κ3) is 3.60. The summed E-state index contributed by atoms with van der Waals surface area (Å²) >= 11 is 1.30. The Labute approximate surface area is 162 Å². The molecule has 2 aromatic rings. The van der Waals surface area contributed by atoms with Crippen molar-refractivity contribution in [1.82, 2.24) is 4.90 Å². The van der Waals surface area contributed by atoms with Crippen LogP contribution in [0, 0.1) is 0 Å². The number of rotatable bonds is 7. The van der Waals surface area contributed by atoms with Gasteiger partial charge in [-0.3, -0.25) is 14.5 Å². The van der Waals surface area contributed by atoms with Gasteiger partial charge in [0.1, 0.15) is 5.76 Å². The maximum absolute atomic E-state index is 13.0. The van der Waals surface area contributed by atoms with E-state index in [1.165, 1.54) is 23.8 Å². The molecule has 142 valence electrons. The van der Waals surface area contributed by atoms with Crippen molar-refractivity contribution in [2.75, 3.05) is 14.2 Å². The highest BCUT2D eigenvalue weighted by Crippen LogP contribution is 2.40. The van der Waals surface area contributed by atoms with Gasteiger partial charge in [0.2, 0.25) is 0 Å². The molecular formula is C20H21NO5S. The van der Waals surface area contributed by atoms with Crippen molar-refractivity contribution >= 4 is 29.1 Å². The second-order valence-corrected chi connectivity index (χ2v) is 7.20. The van der Waals surface area contributed by atoms with E-state index >= 15 is 0 Å². The van der Waals surface area contributed by atoms with Crippen LogP contribution in [0.15, 0.2) is 45.9 Å². The lowest BCUT2D eigenvalue weighted by atomic mass is 10.1. The maximum Gasteiger partial charge on any atom is 0.268 e. The Kier molecular flexibility index (Phi) is 5.60. The first-order chi connectivity index (χ1) is 13.0. The highest BCUT2D eigenvalue weighted by molar-refractivity contribution is 8.03. The minimum absolute atomic E-state index is 0.234. The van der Waals surface area contributed by atoms with Crippen molar-refractivity contribution < 1.29 is 23.5 Å². The van der Waals surface area contributed by atoms with E-state index in [1.54, 1.807) is 37.6 Å². The molecule has 27 heavy (non-hydrogen) atoms. The van der Waals surface area contributed by atoms with Crippen LogP contribution in [-0.2, 0) is 15.3 Å². The lowest BCUT2D eigenvalue weighted by Crippen LogP contribution is -2.37. The van der Waals surface area contributed by atoms with E-state index in [2.05, 4.69) is 0 Å². The third-order valence-electron chi connectivity index (χ3n) is 4.20. The summed E-state index contributed by atoms with van der Waals surface area (Å²) in [7, 11) is 3.08. The van der Waals surface area contributed by atoms with E-state index in [1.807, 2.05) is 19.9 Å². The van der Waals surface area contributed by atoms with E-state index < -0.39 is 0 Å². The molecule has 0 saturated carbocycles. The first-order valence-electron chi connectivity index (χ1n) is 8.47. The molecule has 0 spiro atoms. The Morgan fingerprint density at radius 3 is 2.41 bits per heavy atom. The van der Waals surface area contributed by atoms with E-state index in [0.29, 0.717) is 33.3 Å². The van der Waals surface area contributed by atoms with Gasteiger partial charge in [0.05, 0.1) is 36.7 Å². The monoisotopic (exact) mass is 387 g/mol. The van der Waals surface area contributed by atoms with Crippen molar-refractivity contribution in [3.8, 4) is 11.5 Å². The average molecular weight is 387 g/mol. The molecule has 1 aromatic carbocycles. The fourth-order valence-corrected chi connectivity index (χ4v) is 3.94. The zero-order valence-corrected chi connectivity index (χ0v) is 16.5. The second-order valence-electron chi connectivity index (χ2n) is 6.22. The molecule has 7 heteroatoms. The Morgan fingerprint density at radius 1 is 1.07 bits per heavy atom. The molecule has 2 amide bonds. The van der Waals surface area contributed by atoms with Crippen LogP contribution >= 0.6 is 11.8 Å². The summed E-state index contributed by atoms with van der Waals surface area (Å²) in [6.45, 7) is 3.64. The van der Waals surface area contributed by atoms with Gasteiger partial charge in [-0.15, -0.1) is 11.8 Å². The van der Waals surface area contributed by atoms with Gasteiger partial charge in [-0.05, 0) is 43.7 Å². The molecule has 1 aliphatic rings. The van der Waals surface area contributed by atoms with E-state index in [9.17, 15) is 9.59 Å². The summed E-state index contributed by atoms with van der Waals surface area (Å²) in [5.74, 6) is 1.68. The molecule has 0 bridgehead atoms. The predicted molar refractivity (Wildman–Crippen MR) is 103 cm³/mol. The van der Waals surface area contributed by atoms with Crippen molar-refractivity contribution in [3.05, 3.63) is 52.8 Å². The number of carbonyl (C=O) groups is 2. The number of hydrogen-bond donors (Lipinski definition) is 0. The SMILES string of the molecule is COc1ccc(C2=C(SCc3ccco3)C(=O)N(C(C)C)C2=O)cc1OC. The normalized spacial score (nSPS) is 14.5. The minimum atomic E-state index is -0.302. The number of carbonyl (C=O) groups excluding carboxylic acids is 2. The van der Waals surface area contributed by atoms with Gasteiger partial charge in [-0.25, -0.2) is 0 Å². The summed E-state index contributed by atoms with van der Waals surface area (Å²) in [6, 6.07) is 8.61. The fraction of sp³-hybridized carbons (Fsp3) is 0.300. The molecule has 1 aromatic heterocycles.